The molecule has 0 saturated heterocycles. The van der Waals surface area contributed by atoms with Crippen LogP contribution in [0.25, 0.3) is 0 Å². The van der Waals surface area contributed by atoms with Gasteiger partial charge >= 0.3 is 0 Å². The number of rotatable bonds is 8. The van der Waals surface area contributed by atoms with Gasteiger partial charge in [0.25, 0.3) is 0 Å². The molecule has 3 N–H and O–H groups in total. The van der Waals surface area contributed by atoms with E-state index in [4.69, 9.17) is 0 Å². The smallest absolute Gasteiger partial charge is 0.0499 e. The first-order valence-electron chi connectivity index (χ1n) is 6.46. The molecule has 0 spiro atoms. The van der Waals surface area contributed by atoms with Crippen LogP contribution in [0.1, 0.15) is 47.5 Å². The van der Waals surface area contributed by atoms with E-state index in [0.717, 1.165) is 32.5 Å². The quantitative estimate of drug-likeness (QED) is 0.557. The summed E-state index contributed by atoms with van der Waals surface area (Å²) >= 11 is 0. The molecule has 0 aromatic heterocycles. The molecule has 0 atom stereocenters. The highest BCUT2D eigenvalue weighted by atomic mass is 16.3. The van der Waals surface area contributed by atoms with Crippen molar-refractivity contribution in [3.8, 4) is 0 Å². The summed E-state index contributed by atoms with van der Waals surface area (Å²) < 4.78 is 0. The van der Waals surface area contributed by atoms with Crippen LogP contribution < -0.4 is 10.6 Å². The highest BCUT2D eigenvalue weighted by Gasteiger charge is 2.24. The van der Waals surface area contributed by atoms with Crippen LogP contribution in [-0.2, 0) is 0 Å². The average molecular weight is 230 g/mol. The van der Waals surface area contributed by atoms with Gasteiger partial charge in [-0.3, -0.25) is 0 Å². The average Bonchev–Trinajstić information content (AvgIpc) is 2.23. The van der Waals surface area contributed by atoms with Gasteiger partial charge < -0.3 is 15.7 Å². The molecule has 0 aliphatic carbocycles. The zero-order valence-electron chi connectivity index (χ0n) is 11.7. The molecule has 0 bridgehead atoms. The summed E-state index contributed by atoms with van der Waals surface area (Å²) in [6.45, 7) is 13.9. The SMILES string of the molecule is CCC(CC)(CO)CNCCNC(C)(C)C. The van der Waals surface area contributed by atoms with E-state index >= 15 is 0 Å². The Bertz CT molecular complexity index is 163. The lowest BCUT2D eigenvalue weighted by molar-refractivity contribution is 0.113. The van der Waals surface area contributed by atoms with E-state index < -0.39 is 0 Å². The van der Waals surface area contributed by atoms with E-state index in [0.29, 0.717) is 0 Å². The summed E-state index contributed by atoms with van der Waals surface area (Å²) in [6.07, 6.45) is 2.05. The topological polar surface area (TPSA) is 44.3 Å². The predicted octanol–water partition coefficient (Wildman–Crippen LogP) is 1.76. The van der Waals surface area contributed by atoms with Crippen molar-refractivity contribution in [3.63, 3.8) is 0 Å². The number of hydrogen-bond acceptors (Lipinski definition) is 3. The van der Waals surface area contributed by atoms with E-state index in [1.807, 2.05) is 0 Å². The molecule has 98 valence electrons. The van der Waals surface area contributed by atoms with Gasteiger partial charge in [0.05, 0.1) is 0 Å². The maximum atomic E-state index is 9.41. The van der Waals surface area contributed by atoms with Crippen molar-refractivity contribution in [2.24, 2.45) is 5.41 Å². The van der Waals surface area contributed by atoms with Gasteiger partial charge in [0.1, 0.15) is 0 Å². The third-order valence-corrected chi connectivity index (χ3v) is 3.29. The molecule has 0 saturated carbocycles. The Kier molecular flexibility index (Phi) is 7.20. The lowest BCUT2D eigenvalue weighted by Crippen LogP contribution is -2.43. The van der Waals surface area contributed by atoms with Crippen LogP contribution in [0.2, 0.25) is 0 Å². The largest absolute Gasteiger partial charge is 0.396 e. The molecular weight excluding hydrogens is 200 g/mol. The van der Waals surface area contributed by atoms with Gasteiger partial charge in [-0.25, -0.2) is 0 Å². The number of hydrogen-bond donors (Lipinski definition) is 3. The standard InChI is InChI=1S/C13H30N2O/c1-6-13(7-2,11-16)10-14-8-9-15-12(3,4)5/h14-16H,6-11H2,1-5H3. The van der Waals surface area contributed by atoms with E-state index in [-0.39, 0.29) is 17.6 Å². The summed E-state index contributed by atoms with van der Waals surface area (Å²) in [7, 11) is 0. The Morgan fingerprint density at radius 1 is 1.00 bits per heavy atom. The van der Waals surface area contributed by atoms with Crippen molar-refractivity contribution in [2.75, 3.05) is 26.2 Å². The van der Waals surface area contributed by atoms with Crippen LogP contribution in [0, 0.1) is 5.41 Å². The molecule has 0 aliphatic heterocycles. The van der Waals surface area contributed by atoms with E-state index in [9.17, 15) is 5.11 Å². The summed E-state index contributed by atoms with van der Waals surface area (Å²) in [5, 5.41) is 16.3. The second-order valence-electron chi connectivity index (χ2n) is 5.72. The molecule has 0 amide bonds. The molecule has 0 radical (unpaired) electrons. The molecule has 0 rings (SSSR count). The van der Waals surface area contributed by atoms with Crippen LogP contribution in [0.15, 0.2) is 0 Å². The monoisotopic (exact) mass is 230 g/mol. The van der Waals surface area contributed by atoms with Crippen molar-refractivity contribution in [2.45, 2.75) is 53.0 Å². The normalized spacial score (nSPS) is 13.1. The molecule has 0 heterocycles. The lowest BCUT2D eigenvalue weighted by atomic mass is 9.83. The predicted molar refractivity (Wildman–Crippen MR) is 70.7 cm³/mol. The Labute approximate surface area is 101 Å². The van der Waals surface area contributed by atoms with Crippen molar-refractivity contribution < 1.29 is 5.11 Å². The molecular formula is C13H30N2O. The van der Waals surface area contributed by atoms with Gasteiger partial charge in [-0.2, -0.15) is 0 Å². The first-order chi connectivity index (χ1) is 7.39. The van der Waals surface area contributed by atoms with Crippen LogP contribution in [-0.4, -0.2) is 36.9 Å². The molecule has 16 heavy (non-hydrogen) atoms. The number of aliphatic hydroxyl groups is 1. The minimum atomic E-state index is 0.0712. The minimum absolute atomic E-state index is 0.0712. The van der Waals surface area contributed by atoms with Gasteiger partial charge in [0.2, 0.25) is 0 Å². The lowest BCUT2D eigenvalue weighted by Gasteiger charge is -2.30. The first kappa shape index (κ1) is 15.9. The van der Waals surface area contributed by atoms with Crippen molar-refractivity contribution >= 4 is 0 Å². The molecule has 0 fully saturated rings. The van der Waals surface area contributed by atoms with Crippen LogP contribution in [0.3, 0.4) is 0 Å². The van der Waals surface area contributed by atoms with Crippen molar-refractivity contribution in [3.05, 3.63) is 0 Å². The van der Waals surface area contributed by atoms with Crippen molar-refractivity contribution in [1.29, 1.82) is 0 Å². The van der Waals surface area contributed by atoms with Crippen LogP contribution >= 0.6 is 0 Å². The van der Waals surface area contributed by atoms with Crippen molar-refractivity contribution in [1.82, 2.24) is 10.6 Å². The molecule has 0 aromatic rings. The highest BCUT2D eigenvalue weighted by Crippen LogP contribution is 2.24. The Morgan fingerprint density at radius 3 is 1.94 bits per heavy atom. The summed E-state index contributed by atoms with van der Waals surface area (Å²) in [5.41, 5.74) is 0.257. The van der Waals surface area contributed by atoms with E-state index in [2.05, 4.69) is 45.3 Å². The highest BCUT2D eigenvalue weighted by molar-refractivity contribution is 4.78. The van der Waals surface area contributed by atoms with Crippen LogP contribution in [0.5, 0.6) is 0 Å². The minimum Gasteiger partial charge on any atom is -0.396 e. The molecule has 0 unspecified atom stereocenters. The van der Waals surface area contributed by atoms with Gasteiger partial charge in [-0.15, -0.1) is 0 Å². The zero-order chi connectivity index (χ0) is 12.7. The van der Waals surface area contributed by atoms with E-state index in [1.54, 1.807) is 0 Å². The second-order valence-corrected chi connectivity index (χ2v) is 5.72. The summed E-state index contributed by atoms with van der Waals surface area (Å²) in [6, 6.07) is 0. The fourth-order valence-corrected chi connectivity index (χ4v) is 1.66. The fourth-order valence-electron chi connectivity index (χ4n) is 1.66. The fraction of sp³-hybridized carbons (Fsp3) is 1.00. The van der Waals surface area contributed by atoms with E-state index in [1.165, 1.54) is 0 Å². The Balaban J connectivity index is 3.71. The zero-order valence-corrected chi connectivity index (χ0v) is 11.7. The third-order valence-electron chi connectivity index (χ3n) is 3.29. The number of aliphatic hydroxyl groups excluding tert-OH is 1. The Hall–Kier alpha value is -0.120. The number of nitrogens with one attached hydrogen (secondary N) is 2. The van der Waals surface area contributed by atoms with Gasteiger partial charge in [-0.05, 0) is 33.6 Å². The molecule has 3 heteroatoms. The first-order valence-corrected chi connectivity index (χ1v) is 6.46. The summed E-state index contributed by atoms with van der Waals surface area (Å²) in [5.74, 6) is 0. The maximum Gasteiger partial charge on any atom is 0.0499 e. The third kappa shape index (κ3) is 6.46. The van der Waals surface area contributed by atoms with Gasteiger partial charge in [-0.1, -0.05) is 13.8 Å². The molecule has 0 aliphatic rings. The Morgan fingerprint density at radius 2 is 1.56 bits per heavy atom. The van der Waals surface area contributed by atoms with Gasteiger partial charge in [0.15, 0.2) is 0 Å². The van der Waals surface area contributed by atoms with Crippen LogP contribution in [0.4, 0.5) is 0 Å². The second kappa shape index (κ2) is 7.25. The maximum absolute atomic E-state index is 9.41. The summed E-state index contributed by atoms with van der Waals surface area (Å²) in [4.78, 5) is 0. The van der Waals surface area contributed by atoms with Gasteiger partial charge in [0, 0.05) is 37.2 Å². The molecule has 0 aromatic carbocycles. The molecule has 3 nitrogen and oxygen atoms in total.